The fraction of sp³-hybridized carbons (Fsp3) is 0.200. The summed E-state index contributed by atoms with van der Waals surface area (Å²) in [6.45, 7) is 12.8. The molecule has 2 heterocycles. The van der Waals surface area contributed by atoms with E-state index in [4.69, 9.17) is 9.05 Å². The van der Waals surface area contributed by atoms with Crippen molar-refractivity contribution in [3.63, 3.8) is 0 Å². The molecular formula is C40H36N2O2. The van der Waals surface area contributed by atoms with Crippen molar-refractivity contribution in [1.29, 1.82) is 0 Å². The molecule has 5 aromatic carbocycles. The van der Waals surface area contributed by atoms with Crippen molar-refractivity contribution in [2.24, 2.45) is 0 Å². The predicted molar refractivity (Wildman–Crippen MR) is 181 cm³/mol. The van der Waals surface area contributed by atoms with Crippen molar-refractivity contribution in [3.05, 3.63) is 121 Å². The van der Waals surface area contributed by atoms with Gasteiger partial charge < -0.3 is 9.05 Å². The van der Waals surface area contributed by atoms with Crippen LogP contribution in [-0.2, 0) is 10.8 Å². The third kappa shape index (κ3) is 4.90. The molecule has 2 aromatic heterocycles. The standard InChI is InChI=1S/C40H36N2O2/c1-39(2,3)35-23-33(41-43-35)27-17-19-29-31(21-27)38(26-15-11-8-12-16-26)32-22-28(34-24-36(44-42-34)40(4,5)6)18-20-30(32)37(29)25-13-9-7-10-14-25/h7-24H,1-6H3. The van der Waals surface area contributed by atoms with Crippen molar-refractivity contribution in [2.45, 2.75) is 52.4 Å². The molecular weight excluding hydrogens is 540 g/mol. The van der Waals surface area contributed by atoms with Gasteiger partial charge in [-0.3, -0.25) is 0 Å². The first kappa shape index (κ1) is 27.8. The highest BCUT2D eigenvalue weighted by Crippen LogP contribution is 2.46. The maximum absolute atomic E-state index is 5.80. The summed E-state index contributed by atoms with van der Waals surface area (Å²) in [5.74, 6) is 1.73. The molecule has 218 valence electrons. The van der Waals surface area contributed by atoms with Crippen LogP contribution in [0.2, 0.25) is 0 Å². The first-order valence-electron chi connectivity index (χ1n) is 15.2. The zero-order valence-corrected chi connectivity index (χ0v) is 26.1. The third-order valence-electron chi connectivity index (χ3n) is 8.33. The average Bonchev–Trinajstić information content (AvgIpc) is 3.72. The van der Waals surface area contributed by atoms with Crippen LogP contribution in [0.15, 0.2) is 118 Å². The maximum atomic E-state index is 5.80. The molecule has 0 spiro atoms. The highest BCUT2D eigenvalue weighted by atomic mass is 16.5. The Kier molecular flexibility index (Phi) is 6.55. The molecule has 4 nitrogen and oxygen atoms in total. The Morgan fingerprint density at radius 2 is 0.795 bits per heavy atom. The van der Waals surface area contributed by atoms with Gasteiger partial charge in [-0.2, -0.15) is 0 Å². The molecule has 7 rings (SSSR count). The van der Waals surface area contributed by atoms with Gasteiger partial charge in [0.25, 0.3) is 0 Å². The molecule has 0 radical (unpaired) electrons. The summed E-state index contributed by atoms with van der Waals surface area (Å²) >= 11 is 0. The van der Waals surface area contributed by atoms with E-state index in [0.717, 1.165) is 50.4 Å². The summed E-state index contributed by atoms with van der Waals surface area (Å²) in [4.78, 5) is 0. The van der Waals surface area contributed by atoms with Crippen molar-refractivity contribution in [3.8, 4) is 44.8 Å². The minimum Gasteiger partial charge on any atom is -0.360 e. The van der Waals surface area contributed by atoms with Crippen LogP contribution in [-0.4, -0.2) is 10.3 Å². The Hall–Kier alpha value is -4.96. The highest BCUT2D eigenvalue weighted by Gasteiger charge is 2.23. The molecule has 44 heavy (non-hydrogen) atoms. The van der Waals surface area contributed by atoms with Crippen LogP contribution >= 0.6 is 0 Å². The first-order valence-corrected chi connectivity index (χ1v) is 15.2. The summed E-state index contributed by atoms with van der Waals surface area (Å²) in [5.41, 5.74) is 8.18. The molecule has 0 N–H and O–H groups in total. The molecule has 0 amide bonds. The fourth-order valence-electron chi connectivity index (χ4n) is 5.91. The largest absolute Gasteiger partial charge is 0.360 e. The summed E-state index contributed by atoms with van der Waals surface area (Å²) in [7, 11) is 0. The lowest BCUT2D eigenvalue weighted by atomic mass is 9.84. The quantitative estimate of drug-likeness (QED) is 0.196. The zero-order valence-electron chi connectivity index (χ0n) is 26.1. The van der Waals surface area contributed by atoms with Crippen LogP contribution in [0, 0.1) is 0 Å². The highest BCUT2D eigenvalue weighted by molar-refractivity contribution is 6.22. The van der Waals surface area contributed by atoms with Gasteiger partial charge in [0.1, 0.15) is 22.9 Å². The van der Waals surface area contributed by atoms with E-state index in [1.54, 1.807) is 0 Å². The maximum Gasteiger partial charge on any atom is 0.142 e. The van der Waals surface area contributed by atoms with E-state index in [1.165, 1.54) is 27.5 Å². The van der Waals surface area contributed by atoms with E-state index in [-0.39, 0.29) is 10.8 Å². The molecule has 0 aliphatic carbocycles. The van der Waals surface area contributed by atoms with E-state index >= 15 is 0 Å². The normalized spacial score (nSPS) is 12.3. The van der Waals surface area contributed by atoms with Crippen molar-refractivity contribution >= 4 is 21.5 Å². The Morgan fingerprint density at radius 1 is 0.409 bits per heavy atom. The molecule has 0 saturated heterocycles. The Labute approximate surface area is 258 Å². The molecule has 0 aliphatic heterocycles. The predicted octanol–water partition coefficient (Wildman–Crippen LogP) is 11.2. The van der Waals surface area contributed by atoms with Gasteiger partial charge in [-0.1, -0.05) is 137 Å². The van der Waals surface area contributed by atoms with Crippen LogP contribution in [0.5, 0.6) is 0 Å². The van der Waals surface area contributed by atoms with Crippen LogP contribution in [0.1, 0.15) is 53.1 Å². The number of aromatic nitrogens is 2. The van der Waals surface area contributed by atoms with Crippen molar-refractivity contribution < 1.29 is 9.05 Å². The number of hydrogen-bond acceptors (Lipinski definition) is 4. The smallest absolute Gasteiger partial charge is 0.142 e. The number of rotatable bonds is 4. The molecule has 7 aromatic rings. The van der Waals surface area contributed by atoms with Gasteiger partial charge in [0.2, 0.25) is 0 Å². The van der Waals surface area contributed by atoms with Gasteiger partial charge in [0.05, 0.1) is 0 Å². The van der Waals surface area contributed by atoms with Crippen LogP contribution in [0.3, 0.4) is 0 Å². The molecule has 0 aliphatic rings. The van der Waals surface area contributed by atoms with E-state index in [1.807, 2.05) is 0 Å². The monoisotopic (exact) mass is 576 g/mol. The summed E-state index contributed by atoms with van der Waals surface area (Å²) in [6.07, 6.45) is 0. The SMILES string of the molecule is CC(C)(C)c1cc(-c2ccc3c(-c4ccccc4)c4ccc(-c5cc(C(C)(C)C)on5)cc4c(-c4ccccc4)c3c2)no1. The van der Waals surface area contributed by atoms with Crippen LogP contribution in [0.25, 0.3) is 66.3 Å². The number of hydrogen-bond donors (Lipinski definition) is 0. The minimum atomic E-state index is -0.127. The Morgan fingerprint density at radius 3 is 1.16 bits per heavy atom. The second-order valence-corrected chi connectivity index (χ2v) is 13.7. The van der Waals surface area contributed by atoms with Crippen LogP contribution in [0.4, 0.5) is 0 Å². The molecule has 0 fully saturated rings. The number of fused-ring (bicyclic) bond motifs is 2. The Bertz CT molecular complexity index is 2010. The van der Waals surface area contributed by atoms with E-state index in [0.29, 0.717) is 0 Å². The van der Waals surface area contributed by atoms with Crippen molar-refractivity contribution in [1.82, 2.24) is 10.3 Å². The lowest BCUT2D eigenvalue weighted by Gasteiger charge is -2.19. The van der Waals surface area contributed by atoms with Crippen LogP contribution < -0.4 is 0 Å². The zero-order chi connectivity index (χ0) is 30.6. The fourth-order valence-corrected chi connectivity index (χ4v) is 5.91. The first-order chi connectivity index (χ1) is 21.1. The summed E-state index contributed by atoms with van der Waals surface area (Å²) in [6, 6.07) is 38.8. The summed E-state index contributed by atoms with van der Waals surface area (Å²) in [5, 5.41) is 13.7. The van der Waals surface area contributed by atoms with Gasteiger partial charge in [-0.05, 0) is 55.9 Å². The second-order valence-electron chi connectivity index (χ2n) is 13.7. The van der Waals surface area contributed by atoms with Gasteiger partial charge >= 0.3 is 0 Å². The van der Waals surface area contributed by atoms with Gasteiger partial charge in [-0.25, -0.2) is 0 Å². The van der Waals surface area contributed by atoms with Crippen molar-refractivity contribution in [2.75, 3.05) is 0 Å². The molecule has 0 atom stereocenters. The lowest BCUT2D eigenvalue weighted by molar-refractivity contribution is 0.330. The summed E-state index contributed by atoms with van der Waals surface area (Å²) < 4.78 is 11.6. The molecule has 4 heteroatoms. The molecule has 0 bridgehead atoms. The number of nitrogens with zero attached hydrogens (tertiary/aromatic N) is 2. The van der Waals surface area contributed by atoms with Gasteiger partial charge in [0, 0.05) is 34.1 Å². The minimum absolute atomic E-state index is 0.127. The van der Waals surface area contributed by atoms with E-state index < -0.39 is 0 Å². The average molecular weight is 577 g/mol. The van der Waals surface area contributed by atoms with E-state index in [9.17, 15) is 0 Å². The third-order valence-corrected chi connectivity index (χ3v) is 8.33. The number of benzene rings is 5. The lowest BCUT2D eigenvalue weighted by Crippen LogP contribution is -2.09. The Balaban J connectivity index is 1.57. The second kappa shape index (κ2) is 10.3. The topological polar surface area (TPSA) is 52.1 Å². The van der Waals surface area contributed by atoms with E-state index in [2.05, 4.69) is 161 Å². The van der Waals surface area contributed by atoms with Gasteiger partial charge in [0.15, 0.2) is 0 Å². The molecule has 0 saturated carbocycles. The molecule has 0 unspecified atom stereocenters. The van der Waals surface area contributed by atoms with Gasteiger partial charge in [-0.15, -0.1) is 0 Å².